The zero-order valence-corrected chi connectivity index (χ0v) is 15.1. The molecule has 136 valence electrons. The van der Waals surface area contributed by atoms with Crippen molar-refractivity contribution in [2.75, 3.05) is 32.2 Å². The zero-order chi connectivity index (χ0) is 18.4. The van der Waals surface area contributed by atoms with Crippen LogP contribution in [-0.4, -0.2) is 39.4 Å². The molecule has 2 aromatic rings. The van der Waals surface area contributed by atoms with Crippen LogP contribution in [0.15, 0.2) is 47.6 Å². The van der Waals surface area contributed by atoms with E-state index >= 15 is 0 Å². The number of nitrogens with zero attached hydrogens (tertiary/aromatic N) is 2. The summed E-state index contributed by atoms with van der Waals surface area (Å²) in [7, 11) is 3.15. The van der Waals surface area contributed by atoms with Crippen LogP contribution in [0.25, 0.3) is 0 Å². The maximum atomic E-state index is 12.3. The Hall–Kier alpha value is -3.02. The van der Waals surface area contributed by atoms with E-state index in [1.807, 2.05) is 30.3 Å². The Morgan fingerprint density at radius 1 is 1.19 bits per heavy atom. The van der Waals surface area contributed by atoms with Gasteiger partial charge in [-0.25, -0.2) is 5.43 Å². The first-order chi connectivity index (χ1) is 12.7. The quantitative estimate of drug-likeness (QED) is 0.640. The van der Waals surface area contributed by atoms with Gasteiger partial charge >= 0.3 is 0 Å². The monoisotopic (exact) mass is 353 g/mol. The van der Waals surface area contributed by atoms with Gasteiger partial charge in [0.15, 0.2) is 11.5 Å². The molecule has 2 aromatic carbocycles. The molecule has 6 heteroatoms. The number of anilines is 1. The second-order valence-corrected chi connectivity index (χ2v) is 6.03. The lowest BCUT2D eigenvalue weighted by Crippen LogP contribution is -2.38. The highest BCUT2D eigenvalue weighted by Crippen LogP contribution is 2.29. The molecule has 1 aliphatic rings. The first-order valence-electron chi connectivity index (χ1n) is 8.58. The highest BCUT2D eigenvalue weighted by atomic mass is 16.5. The van der Waals surface area contributed by atoms with Crippen molar-refractivity contribution >= 4 is 17.8 Å². The fourth-order valence-corrected chi connectivity index (χ4v) is 3.17. The number of ether oxygens (including phenoxy) is 2. The summed E-state index contributed by atoms with van der Waals surface area (Å²) in [6.45, 7) is 1.15. The van der Waals surface area contributed by atoms with Crippen molar-refractivity contribution in [1.29, 1.82) is 0 Å². The van der Waals surface area contributed by atoms with Crippen molar-refractivity contribution in [3.8, 4) is 11.5 Å². The Balaban J connectivity index is 1.63. The number of benzene rings is 2. The number of rotatable bonds is 6. The summed E-state index contributed by atoms with van der Waals surface area (Å²) < 4.78 is 10.6. The third kappa shape index (κ3) is 3.96. The van der Waals surface area contributed by atoms with Gasteiger partial charge in [0.2, 0.25) is 0 Å². The van der Waals surface area contributed by atoms with Gasteiger partial charge in [0.1, 0.15) is 0 Å². The van der Waals surface area contributed by atoms with Crippen LogP contribution in [0.5, 0.6) is 11.5 Å². The van der Waals surface area contributed by atoms with Crippen LogP contribution in [0.1, 0.15) is 17.5 Å². The zero-order valence-electron chi connectivity index (χ0n) is 15.1. The second kappa shape index (κ2) is 8.38. The van der Waals surface area contributed by atoms with Crippen molar-refractivity contribution in [3.05, 3.63) is 53.6 Å². The van der Waals surface area contributed by atoms with Crippen LogP contribution < -0.4 is 19.8 Å². The van der Waals surface area contributed by atoms with Gasteiger partial charge in [0, 0.05) is 17.8 Å². The van der Waals surface area contributed by atoms with Crippen LogP contribution in [0.4, 0.5) is 5.69 Å². The lowest BCUT2D eigenvalue weighted by Gasteiger charge is -2.30. The molecule has 0 saturated heterocycles. The SMILES string of the molecule is COc1cccc(/C=N\NC(=O)CN2CCCc3ccccc32)c1OC. The molecule has 0 radical (unpaired) electrons. The molecule has 0 fully saturated rings. The summed E-state index contributed by atoms with van der Waals surface area (Å²) in [6, 6.07) is 13.7. The Morgan fingerprint density at radius 3 is 2.85 bits per heavy atom. The van der Waals surface area contributed by atoms with E-state index in [2.05, 4.69) is 27.6 Å². The average Bonchev–Trinajstić information content (AvgIpc) is 2.68. The topological polar surface area (TPSA) is 63.2 Å². The molecule has 0 aromatic heterocycles. The Labute approximate surface area is 153 Å². The number of methoxy groups -OCH3 is 2. The van der Waals surface area contributed by atoms with Crippen molar-refractivity contribution < 1.29 is 14.3 Å². The molecule has 1 amide bonds. The minimum Gasteiger partial charge on any atom is -0.493 e. The summed E-state index contributed by atoms with van der Waals surface area (Å²) in [5.41, 5.74) is 5.74. The molecule has 26 heavy (non-hydrogen) atoms. The molecule has 3 rings (SSSR count). The summed E-state index contributed by atoms with van der Waals surface area (Å²) in [6.07, 6.45) is 3.67. The van der Waals surface area contributed by atoms with Crippen molar-refractivity contribution in [1.82, 2.24) is 5.43 Å². The fraction of sp³-hybridized carbons (Fsp3) is 0.300. The van der Waals surface area contributed by atoms with Gasteiger partial charge in [-0.15, -0.1) is 0 Å². The number of carbonyl (C=O) groups excluding carboxylic acids is 1. The minimum atomic E-state index is -0.153. The minimum absolute atomic E-state index is 0.153. The van der Waals surface area contributed by atoms with Crippen LogP contribution >= 0.6 is 0 Å². The first kappa shape index (κ1) is 17.8. The largest absolute Gasteiger partial charge is 0.493 e. The molecule has 0 saturated carbocycles. The second-order valence-electron chi connectivity index (χ2n) is 6.03. The molecular weight excluding hydrogens is 330 g/mol. The third-order valence-electron chi connectivity index (χ3n) is 4.37. The fourth-order valence-electron chi connectivity index (χ4n) is 3.17. The van der Waals surface area contributed by atoms with E-state index < -0.39 is 0 Å². The van der Waals surface area contributed by atoms with Gasteiger partial charge in [0.05, 0.1) is 27.0 Å². The number of nitrogens with one attached hydrogen (secondary N) is 1. The molecule has 1 N–H and O–H groups in total. The number of carbonyl (C=O) groups is 1. The molecule has 0 atom stereocenters. The molecule has 1 aliphatic heterocycles. The molecule has 0 spiro atoms. The predicted molar refractivity (Wildman–Crippen MR) is 102 cm³/mol. The summed E-state index contributed by atoms with van der Waals surface area (Å²) in [4.78, 5) is 14.4. The number of fused-ring (bicyclic) bond motifs is 1. The summed E-state index contributed by atoms with van der Waals surface area (Å²) >= 11 is 0. The highest BCUT2D eigenvalue weighted by Gasteiger charge is 2.18. The van der Waals surface area contributed by atoms with E-state index in [1.54, 1.807) is 20.4 Å². The van der Waals surface area contributed by atoms with E-state index in [4.69, 9.17) is 9.47 Å². The van der Waals surface area contributed by atoms with E-state index in [9.17, 15) is 4.79 Å². The number of para-hydroxylation sites is 2. The van der Waals surface area contributed by atoms with E-state index in [0.29, 0.717) is 11.5 Å². The molecule has 6 nitrogen and oxygen atoms in total. The Kier molecular flexibility index (Phi) is 5.73. The lowest BCUT2D eigenvalue weighted by atomic mass is 10.0. The van der Waals surface area contributed by atoms with Crippen molar-refractivity contribution in [3.63, 3.8) is 0 Å². The van der Waals surface area contributed by atoms with Gasteiger partial charge in [-0.05, 0) is 36.6 Å². The lowest BCUT2D eigenvalue weighted by molar-refractivity contribution is -0.119. The normalized spacial score (nSPS) is 13.4. The van der Waals surface area contributed by atoms with Gasteiger partial charge in [-0.1, -0.05) is 24.3 Å². The van der Waals surface area contributed by atoms with Crippen molar-refractivity contribution in [2.24, 2.45) is 5.10 Å². The maximum Gasteiger partial charge on any atom is 0.259 e. The smallest absolute Gasteiger partial charge is 0.259 e. The number of hydrogen-bond donors (Lipinski definition) is 1. The molecule has 0 aliphatic carbocycles. The molecule has 0 unspecified atom stereocenters. The molecule has 1 heterocycles. The highest BCUT2D eigenvalue weighted by molar-refractivity contribution is 5.87. The number of aryl methyl sites for hydroxylation is 1. The number of hydrazone groups is 1. The van der Waals surface area contributed by atoms with Crippen LogP contribution in [0.2, 0.25) is 0 Å². The van der Waals surface area contributed by atoms with Gasteiger partial charge < -0.3 is 14.4 Å². The van der Waals surface area contributed by atoms with E-state index in [0.717, 1.165) is 30.6 Å². The standard InChI is InChI=1S/C20H23N3O3/c1-25-18-11-5-8-16(20(18)26-2)13-21-22-19(24)14-23-12-6-9-15-7-3-4-10-17(15)23/h3-5,7-8,10-11,13H,6,9,12,14H2,1-2H3,(H,22,24)/b21-13-. The van der Waals surface area contributed by atoms with Crippen LogP contribution in [0, 0.1) is 0 Å². The van der Waals surface area contributed by atoms with E-state index in [1.165, 1.54) is 5.56 Å². The first-order valence-corrected chi connectivity index (χ1v) is 8.58. The molecule has 0 bridgehead atoms. The third-order valence-corrected chi connectivity index (χ3v) is 4.37. The van der Waals surface area contributed by atoms with Gasteiger partial charge in [-0.2, -0.15) is 5.10 Å². The average molecular weight is 353 g/mol. The Bertz CT molecular complexity index is 805. The number of hydrogen-bond acceptors (Lipinski definition) is 5. The van der Waals surface area contributed by atoms with Gasteiger partial charge in [0.25, 0.3) is 5.91 Å². The van der Waals surface area contributed by atoms with Crippen molar-refractivity contribution in [2.45, 2.75) is 12.8 Å². The van der Waals surface area contributed by atoms with E-state index in [-0.39, 0.29) is 12.5 Å². The number of amides is 1. The van der Waals surface area contributed by atoms with Crippen LogP contribution in [0.3, 0.4) is 0 Å². The summed E-state index contributed by atoms with van der Waals surface area (Å²) in [5.74, 6) is 1.05. The summed E-state index contributed by atoms with van der Waals surface area (Å²) in [5, 5.41) is 4.06. The Morgan fingerprint density at radius 2 is 2.04 bits per heavy atom. The van der Waals surface area contributed by atoms with Gasteiger partial charge in [-0.3, -0.25) is 4.79 Å². The van der Waals surface area contributed by atoms with Crippen LogP contribution in [-0.2, 0) is 11.2 Å². The predicted octanol–water partition coefficient (Wildman–Crippen LogP) is 2.61. The maximum absolute atomic E-state index is 12.3. The molecular formula is C20H23N3O3.